The van der Waals surface area contributed by atoms with Gasteiger partial charge in [0.05, 0.1) is 0 Å². The van der Waals surface area contributed by atoms with Gasteiger partial charge in [0.2, 0.25) is 0 Å². The summed E-state index contributed by atoms with van der Waals surface area (Å²) in [5.74, 6) is 0. The molecule has 0 N–H and O–H groups in total. The molecule has 0 nitrogen and oxygen atoms in total. The summed E-state index contributed by atoms with van der Waals surface area (Å²) in [6, 6.07) is 0. The van der Waals surface area contributed by atoms with Gasteiger partial charge in [-0.15, -0.1) is 0 Å². The summed E-state index contributed by atoms with van der Waals surface area (Å²) in [4.78, 5) is 0. The summed E-state index contributed by atoms with van der Waals surface area (Å²) in [6.45, 7) is 0. The Morgan fingerprint density at radius 2 is 1.00 bits per heavy atom. The van der Waals surface area contributed by atoms with Crippen LogP contribution in [0.2, 0.25) is 0 Å². The van der Waals surface area contributed by atoms with E-state index in [-0.39, 0.29) is 62.4 Å². The third-order valence-corrected chi connectivity index (χ3v) is 0. The van der Waals surface area contributed by atoms with Crippen LogP contribution in [0.4, 0.5) is 0 Å². The fourth-order valence-corrected chi connectivity index (χ4v) is 0. The molecule has 0 aliphatic rings. The molecule has 0 amide bonds. The molecule has 0 spiro atoms. The molecule has 0 aliphatic heterocycles. The molecule has 0 atom stereocenters. The van der Waals surface area contributed by atoms with Gasteiger partial charge in [-0.1, -0.05) is 0 Å². The van der Waals surface area contributed by atoms with Crippen molar-refractivity contribution >= 4 is 92.7 Å². The molecule has 0 aromatic heterocycles. The van der Waals surface area contributed by atoms with Gasteiger partial charge in [-0.3, -0.25) is 0 Å². The quantitative estimate of drug-likeness (QED) is 0.364. The minimum Gasteiger partial charge on any atom is -0.813 e. The number of hydrogen-bond donors (Lipinski definition) is 0. The normalized spacial score (nSPS) is 7.50. The first-order valence-electron chi connectivity index (χ1n) is 0.401. The Hall–Kier alpha value is 3.31. The zero-order chi connectivity index (χ0) is 3.58. The molecule has 6 heteroatoms. The van der Waals surface area contributed by atoms with Gasteiger partial charge in [-0.2, -0.15) is 0 Å². The maximum absolute atomic E-state index is 4.89. The Bertz CT molecular complexity index is 15.5. The van der Waals surface area contributed by atoms with Crippen LogP contribution in [0, 0.1) is 0 Å². The van der Waals surface area contributed by atoms with Crippen LogP contribution in [-0.4, -0.2) is 48.9 Å². The molecule has 0 radical (unpaired) electrons. The largest absolute Gasteiger partial charge is 0.813 e. The predicted octanol–water partition coefficient (Wildman–Crippen LogP) is 1.15. The van der Waals surface area contributed by atoms with Crippen LogP contribution in [0.3, 0.4) is 0 Å². The number of thiol groups is 1. The minimum atomic E-state index is -1.33. The predicted molar refractivity (Wildman–Crippen MR) is 33.5 cm³/mol. The third-order valence-electron chi connectivity index (χ3n) is 0. The average molecular weight is 334 g/mol. The Balaban J connectivity index is -0.0000000450. The van der Waals surface area contributed by atoms with Gasteiger partial charge in [0.15, 0.2) is 0 Å². The first-order chi connectivity index (χ1) is 1.73. The van der Waals surface area contributed by atoms with E-state index in [4.69, 9.17) is 30.3 Å². The molecule has 6 heavy (non-hydrogen) atoms. The van der Waals surface area contributed by atoms with Crippen LogP contribution < -0.4 is 0 Å². The van der Waals surface area contributed by atoms with E-state index in [2.05, 4.69) is 0 Å². The minimum absolute atomic E-state index is 0. The Morgan fingerprint density at radius 1 is 1.00 bits per heavy atom. The van der Waals surface area contributed by atoms with E-state index in [9.17, 15) is 0 Å². The fraction of sp³-hybridized carbons (Fsp3) is 0. The van der Waals surface area contributed by atoms with Crippen molar-refractivity contribution in [3.8, 4) is 0 Å². The van der Waals surface area contributed by atoms with E-state index >= 15 is 0 Å². The van der Waals surface area contributed by atoms with Crippen molar-refractivity contribution in [2.75, 3.05) is 0 Å². The van der Waals surface area contributed by atoms with Crippen molar-refractivity contribution in [1.29, 1.82) is 0 Å². The zero-order valence-corrected chi connectivity index (χ0v) is 13.5. The second-order valence-electron chi connectivity index (χ2n) is 0.152. The summed E-state index contributed by atoms with van der Waals surface area (Å²) in [5, 5.41) is 0. The van der Waals surface area contributed by atoms with Gasteiger partial charge in [0.1, 0.15) is 0 Å². The second-order valence-corrected chi connectivity index (χ2v) is 5.62. The second kappa shape index (κ2) is 11.2. The molecule has 0 fully saturated rings. The molecular formula is H2BaCl3FeS. The van der Waals surface area contributed by atoms with Crippen LogP contribution in [0.25, 0.3) is 0 Å². The molecule has 0 saturated carbocycles. The average Bonchev–Trinajstić information content (AvgIpc) is 0.811. The molecule has 0 saturated heterocycles. The Kier molecular flexibility index (Phi) is 30.0. The van der Waals surface area contributed by atoms with Crippen LogP contribution >= 0.6 is 30.3 Å². The SMILES string of the molecule is [BaH+].[Cl][Fe]([Cl])[Cl].[SH-]. The number of rotatable bonds is 0. The van der Waals surface area contributed by atoms with Gasteiger partial charge in [-0.05, 0) is 0 Å². The van der Waals surface area contributed by atoms with Crippen molar-refractivity contribution in [2.45, 2.75) is 0 Å². The van der Waals surface area contributed by atoms with Crippen molar-refractivity contribution in [1.82, 2.24) is 0 Å². The smallest absolute Gasteiger partial charge is 0.813 e. The van der Waals surface area contributed by atoms with Gasteiger partial charge >= 0.3 is 90.3 Å². The van der Waals surface area contributed by atoms with E-state index in [0.717, 1.165) is 0 Å². The topological polar surface area (TPSA) is 0 Å². The first-order valence-corrected chi connectivity index (χ1v) is 4.96. The van der Waals surface area contributed by atoms with Crippen molar-refractivity contribution in [3.63, 3.8) is 0 Å². The molecule has 0 heterocycles. The molecule has 0 bridgehead atoms. The standard InChI is InChI=1S/Ba.3ClH.Fe.H2S.H/h;3*1H;;1H2;/q+1;;;;+3;;/p-4. The molecule has 39 valence electrons. The molecule has 0 aliphatic carbocycles. The monoisotopic (exact) mass is 333 g/mol. The zero-order valence-electron chi connectivity index (χ0n) is 2.93. The summed E-state index contributed by atoms with van der Waals surface area (Å²) >= 11 is -1.33. The van der Waals surface area contributed by atoms with Crippen LogP contribution in [0.1, 0.15) is 0 Å². The van der Waals surface area contributed by atoms with Crippen molar-refractivity contribution in [3.05, 3.63) is 0 Å². The first kappa shape index (κ1) is 16.1. The maximum Gasteiger partial charge on any atom is -0.813 e. The van der Waals surface area contributed by atoms with E-state index in [1.807, 2.05) is 0 Å². The molecule has 0 rings (SSSR count). The van der Waals surface area contributed by atoms with Crippen molar-refractivity contribution in [2.24, 2.45) is 0 Å². The molecule has 0 aromatic rings. The van der Waals surface area contributed by atoms with Crippen LogP contribution in [0.5, 0.6) is 0 Å². The molecular weight excluding hydrogens is 332 g/mol. The van der Waals surface area contributed by atoms with Crippen molar-refractivity contribution < 1.29 is 11.2 Å². The van der Waals surface area contributed by atoms with E-state index in [0.29, 0.717) is 0 Å². The summed E-state index contributed by atoms with van der Waals surface area (Å²) in [6.07, 6.45) is 0. The summed E-state index contributed by atoms with van der Waals surface area (Å²) in [7, 11) is 14.7. The maximum atomic E-state index is 4.89. The van der Waals surface area contributed by atoms with Gasteiger partial charge < -0.3 is 13.5 Å². The number of halogens is 3. The van der Waals surface area contributed by atoms with E-state index in [1.54, 1.807) is 0 Å². The van der Waals surface area contributed by atoms with Gasteiger partial charge in [0.25, 0.3) is 0 Å². The van der Waals surface area contributed by atoms with E-state index < -0.39 is 11.2 Å². The van der Waals surface area contributed by atoms with E-state index in [1.165, 1.54) is 0 Å². The Labute approximate surface area is 101 Å². The fourth-order valence-electron chi connectivity index (χ4n) is 0. The summed E-state index contributed by atoms with van der Waals surface area (Å²) < 4.78 is 0. The van der Waals surface area contributed by atoms with Crippen LogP contribution in [-0.2, 0) is 24.7 Å². The summed E-state index contributed by atoms with van der Waals surface area (Å²) in [5.41, 5.74) is 0. The van der Waals surface area contributed by atoms with Gasteiger partial charge in [0, 0.05) is 0 Å². The van der Waals surface area contributed by atoms with Gasteiger partial charge in [-0.25, -0.2) is 0 Å². The molecule has 0 unspecified atom stereocenters. The van der Waals surface area contributed by atoms with Crippen LogP contribution in [0.15, 0.2) is 0 Å². The molecule has 0 aromatic carbocycles. The third kappa shape index (κ3) is 26.6. The number of hydrogen-bond acceptors (Lipinski definition) is 1. The Morgan fingerprint density at radius 3 is 1.00 bits per heavy atom.